The topological polar surface area (TPSA) is 41.6 Å². The number of carbonyl (C=O) groups is 1. The van der Waals surface area contributed by atoms with Crippen LogP contribution in [0.3, 0.4) is 0 Å². The van der Waals surface area contributed by atoms with Crippen LogP contribution in [0.1, 0.15) is 13.3 Å². The van der Waals surface area contributed by atoms with E-state index in [2.05, 4.69) is 29.3 Å². The molecule has 0 saturated heterocycles. The lowest BCUT2D eigenvalue weighted by Crippen LogP contribution is -2.27. The second kappa shape index (κ2) is 8.08. The fourth-order valence-corrected chi connectivity index (χ4v) is 2.31. The number of amides is 1. The van der Waals surface area contributed by atoms with E-state index in [1.165, 1.54) is 0 Å². The summed E-state index contributed by atoms with van der Waals surface area (Å²) >= 11 is 0. The molecule has 0 bridgehead atoms. The second-order valence-electron chi connectivity index (χ2n) is 4.91. The lowest BCUT2D eigenvalue weighted by atomic mass is 10.2. The monoisotopic (exact) mass is 298 g/mol. The summed E-state index contributed by atoms with van der Waals surface area (Å²) in [6, 6.07) is 17.5. The Kier molecular flexibility index (Phi) is 5.83. The second-order valence-corrected chi connectivity index (χ2v) is 4.91. The van der Waals surface area contributed by atoms with Crippen molar-refractivity contribution in [3.05, 3.63) is 54.6 Å². The molecule has 116 valence electrons. The van der Waals surface area contributed by atoms with Crippen LogP contribution in [0.5, 0.6) is 5.75 Å². The van der Waals surface area contributed by atoms with Crippen molar-refractivity contribution in [2.45, 2.75) is 13.3 Å². The average Bonchev–Trinajstić information content (AvgIpc) is 2.57. The molecule has 4 heteroatoms. The van der Waals surface area contributed by atoms with E-state index in [9.17, 15) is 4.79 Å². The highest BCUT2D eigenvalue weighted by atomic mass is 16.5. The van der Waals surface area contributed by atoms with E-state index in [0.29, 0.717) is 24.4 Å². The van der Waals surface area contributed by atoms with E-state index in [4.69, 9.17) is 4.74 Å². The summed E-state index contributed by atoms with van der Waals surface area (Å²) in [5, 5.41) is 2.90. The molecule has 0 fully saturated rings. The number of rotatable bonds is 7. The maximum Gasteiger partial charge on any atom is 0.226 e. The van der Waals surface area contributed by atoms with Gasteiger partial charge in [-0.15, -0.1) is 0 Å². The predicted octanol–water partition coefficient (Wildman–Crippen LogP) is 3.55. The van der Waals surface area contributed by atoms with Gasteiger partial charge < -0.3 is 15.0 Å². The van der Waals surface area contributed by atoms with Gasteiger partial charge in [0.15, 0.2) is 0 Å². The molecule has 4 nitrogen and oxygen atoms in total. The highest BCUT2D eigenvalue weighted by molar-refractivity contribution is 5.92. The minimum Gasteiger partial charge on any atom is -0.495 e. The van der Waals surface area contributed by atoms with Crippen LogP contribution >= 0.6 is 0 Å². The number of ether oxygens (including phenoxy) is 1. The molecule has 2 rings (SSSR count). The van der Waals surface area contributed by atoms with E-state index in [-0.39, 0.29) is 5.91 Å². The molecule has 0 aliphatic heterocycles. The van der Waals surface area contributed by atoms with Crippen LogP contribution in [0.25, 0.3) is 0 Å². The van der Waals surface area contributed by atoms with E-state index < -0.39 is 0 Å². The molecule has 0 unspecified atom stereocenters. The first-order valence-electron chi connectivity index (χ1n) is 7.47. The van der Waals surface area contributed by atoms with Gasteiger partial charge in [0.25, 0.3) is 0 Å². The van der Waals surface area contributed by atoms with Crippen molar-refractivity contribution < 1.29 is 9.53 Å². The summed E-state index contributed by atoms with van der Waals surface area (Å²) in [6.07, 6.45) is 0.431. The van der Waals surface area contributed by atoms with Crippen LogP contribution in [0.15, 0.2) is 54.6 Å². The third-order valence-electron chi connectivity index (χ3n) is 3.49. The van der Waals surface area contributed by atoms with Gasteiger partial charge in [0, 0.05) is 25.2 Å². The van der Waals surface area contributed by atoms with Gasteiger partial charge in [0.05, 0.1) is 12.8 Å². The van der Waals surface area contributed by atoms with Crippen LogP contribution in [0.2, 0.25) is 0 Å². The Balaban J connectivity index is 1.92. The summed E-state index contributed by atoms with van der Waals surface area (Å²) in [4.78, 5) is 14.3. The zero-order valence-corrected chi connectivity index (χ0v) is 13.1. The molecule has 0 aliphatic rings. The molecule has 0 spiro atoms. The Morgan fingerprint density at radius 1 is 1.09 bits per heavy atom. The Morgan fingerprint density at radius 3 is 2.45 bits per heavy atom. The van der Waals surface area contributed by atoms with Crippen molar-refractivity contribution in [2.75, 3.05) is 30.4 Å². The van der Waals surface area contributed by atoms with Crippen molar-refractivity contribution in [1.82, 2.24) is 0 Å². The summed E-state index contributed by atoms with van der Waals surface area (Å²) in [5.74, 6) is 0.658. The molecule has 1 amide bonds. The molecule has 0 aromatic heterocycles. The standard InChI is InChI=1S/C18H22N2O2/c1-3-20(15-9-5-4-6-10-15)14-13-18(21)19-16-11-7-8-12-17(16)22-2/h4-12H,3,13-14H2,1-2H3,(H,19,21). The lowest BCUT2D eigenvalue weighted by molar-refractivity contribution is -0.116. The molecule has 0 atom stereocenters. The third-order valence-corrected chi connectivity index (χ3v) is 3.49. The van der Waals surface area contributed by atoms with Gasteiger partial charge in [-0.2, -0.15) is 0 Å². The normalized spacial score (nSPS) is 10.1. The van der Waals surface area contributed by atoms with Crippen LogP contribution in [0.4, 0.5) is 11.4 Å². The molecule has 0 saturated carbocycles. The molecule has 0 radical (unpaired) electrons. The van der Waals surface area contributed by atoms with Gasteiger partial charge >= 0.3 is 0 Å². The number of nitrogens with one attached hydrogen (secondary N) is 1. The summed E-state index contributed by atoms with van der Waals surface area (Å²) < 4.78 is 5.24. The lowest BCUT2D eigenvalue weighted by Gasteiger charge is -2.22. The molecular weight excluding hydrogens is 276 g/mol. The molecule has 2 aromatic rings. The number of benzene rings is 2. The van der Waals surface area contributed by atoms with Crippen molar-refractivity contribution in [3.8, 4) is 5.75 Å². The fourth-order valence-electron chi connectivity index (χ4n) is 2.31. The van der Waals surface area contributed by atoms with Crippen LogP contribution in [-0.2, 0) is 4.79 Å². The van der Waals surface area contributed by atoms with Gasteiger partial charge in [-0.25, -0.2) is 0 Å². The van der Waals surface area contributed by atoms with E-state index in [0.717, 1.165) is 12.2 Å². The van der Waals surface area contributed by atoms with Crippen LogP contribution in [-0.4, -0.2) is 26.1 Å². The van der Waals surface area contributed by atoms with E-state index >= 15 is 0 Å². The highest BCUT2D eigenvalue weighted by Gasteiger charge is 2.09. The largest absolute Gasteiger partial charge is 0.495 e. The Morgan fingerprint density at radius 2 is 1.77 bits per heavy atom. The highest BCUT2D eigenvalue weighted by Crippen LogP contribution is 2.23. The van der Waals surface area contributed by atoms with Crippen molar-refractivity contribution in [1.29, 1.82) is 0 Å². The Labute approximate surface area is 131 Å². The maximum absolute atomic E-state index is 12.1. The summed E-state index contributed by atoms with van der Waals surface area (Å²) in [7, 11) is 1.60. The number of nitrogens with zero attached hydrogens (tertiary/aromatic N) is 1. The first-order chi connectivity index (χ1) is 10.7. The molecule has 1 N–H and O–H groups in total. The number of hydrogen-bond donors (Lipinski definition) is 1. The minimum absolute atomic E-state index is 0.0149. The average molecular weight is 298 g/mol. The molecule has 22 heavy (non-hydrogen) atoms. The van der Waals surface area contributed by atoms with Crippen LogP contribution < -0.4 is 15.0 Å². The Bertz CT molecular complexity index is 599. The molecular formula is C18H22N2O2. The third kappa shape index (κ3) is 4.25. The first-order valence-corrected chi connectivity index (χ1v) is 7.47. The zero-order chi connectivity index (χ0) is 15.8. The Hall–Kier alpha value is -2.49. The molecule has 2 aromatic carbocycles. The van der Waals surface area contributed by atoms with Gasteiger partial charge in [-0.3, -0.25) is 4.79 Å². The number of hydrogen-bond acceptors (Lipinski definition) is 3. The molecule has 0 aliphatic carbocycles. The van der Waals surface area contributed by atoms with Crippen LogP contribution in [0, 0.1) is 0 Å². The predicted molar refractivity (Wildman–Crippen MR) is 90.6 cm³/mol. The number of carbonyl (C=O) groups excluding carboxylic acids is 1. The fraction of sp³-hybridized carbons (Fsp3) is 0.278. The number of anilines is 2. The van der Waals surface area contributed by atoms with Crippen molar-refractivity contribution in [3.63, 3.8) is 0 Å². The molecule has 0 heterocycles. The van der Waals surface area contributed by atoms with Gasteiger partial charge in [-0.1, -0.05) is 30.3 Å². The van der Waals surface area contributed by atoms with Gasteiger partial charge in [0.2, 0.25) is 5.91 Å². The number of methoxy groups -OCH3 is 1. The smallest absolute Gasteiger partial charge is 0.226 e. The van der Waals surface area contributed by atoms with E-state index in [1.54, 1.807) is 7.11 Å². The zero-order valence-electron chi connectivity index (χ0n) is 13.1. The van der Waals surface area contributed by atoms with Gasteiger partial charge in [0.1, 0.15) is 5.75 Å². The van der Waals surface area contributed by atoms with E-state index in [1.807, 2.05) is 42.5 Å². The first kappa shape index (κ1) is 15.9. The van der Waals surface area contributed by atoms with Crippen molar-refractivity contribution in [2.24, 2.45) is 0 Å². The van der Waals surface area contributed by atoms with Crippen molar-refractivity contribution >= 4 is 17.3 Å². The summed E-state index contributed by atoms with van der Waals surface area (Å²) in [6.45, 7) is 3.64. The minimum atomic E-state index is -0.0149. The quantitative estimate of drug-likeness (QED) is 0.850. The number of para-hydroxylation sites is 3. The maximum atomic E-state index is 12.1. The van der Waals surface area contributed by atoms with Gasteiger partial charge in [-0.05, 0) is 31.2 Å². The summed E-state index contributed by atoms with van der Waals surface area (Å²) in [5.41, 5.74) is 1.84. The SMILES string of the molecule is CCN(CCC(=O)Nc1ccccc1OC)c1ccccc1.